The number of rotatable bonds is 3. The second-order valence-corrected chi connectivity index (χ2v) is 3.22. The van der Waals surface area contributed by atoms with Gasteiger partial charge in [-0.25, -0.2) is 4.79 Å². The number of carbonyl (C=O) groups is 1. The van der Waals surface area contributed by atoms with Gasteiger partial charge in [0.1, 0.15) is 5.60 Å². The first kappa shape index (κ1) is 10.5. The van der Waals surface area contributed by atoms with Gasteiger partial charge in [0.25, 0.3) is 0 Å². The van der Waals surface area contributed by atoms with Gasteiger partial charge in [-0.2, -0.15) is 0 Å². The molecule has 0 saturated heterocycles. The molecule has 1 aromatic rings. The Kier molecular flexibility index (Phi) is 3.09. The zero-order valence-electron chi connectivity index (χ0n) is 8.07. The van der Waals surface area contributed by atoms with Crippen LogP contribution in [0.4, 0.5) is 4.79 Å². The molecule has 1 unspecified atom stereocenters. The summed E-state index contributed by atoms with van der Waals surface area (Å²) in [6, 6.07) is 9.28. The average Bonchev–Trinajstić information content (AvgIpc) is 2.18. The largest absolute Gasteiger partial charge is 0.437 e. The zero-order chi connectivity index (χ0) is 10.6. The molecular weight excluding hydrogens is 180 g/mol. The fourth-order valence-corrected chi connectivity index (χ4v) is 1.23. The van der Waals surface area contributed by atoms with Crippen molar-refractivity contribution in [1.29, 1.82) is 0 Å². The van der Waals surface area contributed by atoms with Crippen LogP contribution >= 0.6 is 0 Å². The second-order valence-electron chi connectivity index (χ2n) is 3.22. The first-order chi connectivity index (χ1) is 6.58. The van der Waals surface area contributed by atoms with Crippen molar-refractivity contribution in [2.24, 2.45) is 11.5 Å². The molecule has 1 atom stereocenters. The van der Waals surface area contributed by atoms with Gasteiger partial charge in [0.15, 0.2) is 0 Å². The highest BCUT2D eigenvalue weighted by Gasteiger charge is 2.28. The summed E-state index contributed by atoms with van der Waals surface area (Å²) in [5.74, 6) is 0. The lowest BCUT2D eigenvalue weighted by Gasteiger charge is -2.27. The van der Waals surface area contributed by atoms with Gasteiger partial charge in [0.05, 0.1) is 0 Å². The predicted octanol–water partition coefficient (Wildman–Crippen LogP) is 0.956. The molecule has 0 spiro atoms. The van der Waals surface area contributed by atoms with Gasteiger partial charge >= 0.3 is 6.09 Å². The van der Waals surface area contributed by atoms with E-state index in [2.05, 4.69) is 0 Å². The highest BCUT2D eigenvalue weighted by Crippen LogP contribution is 2.23. The smallest absolute Gasteiger partial charge is 0.405 e. The summed E-state index contributed by atoms with van der Waals surface area (Å²) in [4.78, 5) is 10.7. The summed E-state index contributed by atoms with van der Waals surface area (Å²) in [5, 5.41) is 0. The van der Waals surface area contributed by atoms with E-state index in [0.717, 1.165) is 5.56 Å². The zero-order valence-corrected chi connectivity index (χ0v) is 8.07. The van der Waals surface area contributed by atoms with Crippen molar-refractivity contribution in [2.75, 3.05) is 6.54 Å². The Morgan fingerprint density at radius 1 is 1.43 bits per heavy atom. The molecule has 1 amide bonds. The molecule has 4 heteroatoms. The Morgan fingerprint density at radius 3 is 2.43 bits per heavy atom. The number of carbonyl (C=O) groups excluding carboxylic acids is 1. The van der Waals surface area contributed by atoms with E-state index in [4.69, 9.17) is 16.2 Å². The molecule has 4 nitrogen and oxygen atoms in total. The van der Waals surface area contributed by atoms with Crippen LogP contribution in [0.3, 0.4) is 0 Å². The van der Waals surface area contributed by atoms with Crippen LogP contribution in [0.1, 0.15) is 12.5 Å². The fraction of sp³-hybridized carbons (Fsp3) is 0.300. The standard InChI is InChI=1S/C10H14N2O2/c1-10(7-11,14-9(12)13)8-5-3-2-4-6-8/h2-6H,7,11H2,1H3,(H2,12,13). The Bertz CT molecular complexity index is 313. The molecule has 0 aliphatic heterocycles. The Hall–Kier alpha value is -1.55. The monoisotopic (exact) mass is 194 g/mol. The van der Waals surface area contributed by atoms with E-state index >= 15 is 0 Å². The third-order valence-corrected chi connectivity index (χ3v) is 2.10. The van der Waals surface area contributed by atoms with Crippen molar-refractivity contribution in [2.45, 2.75) is 12.5 Å². The van der Waals surface area contributed by atoms with Gasteiger partial charge in [0.2, 0.25) is 0 Å². The van der Waals surface area contributed by atoms with Gasteiger partial charge in [-0.05, 0) is 12.5 Å². The first-order valence-corrected chi connectivity index (χ1v) is 4.32. The van der Waals surface area contributed by atoms with Gasteiger partial charge in [-0.15, -0.1) is 0 Å². The van der Waals surface area contributed by atoms with Crippen LogP contribution in [-0.4, -0.2) is 12.6 Å². The van der Waals surface area contributed by atoms with Crippen molar-refractivity contribution in [3.05, 3.63) is 35.9 Å². The number of nitrogens with two attached hydrogens (primary N) is 2. The number of benzene rings is 1. The minimum absolute atomic E-state index is 0.194. The lowest BCUT2D eigenvalue weighted by molar-refractivity contribution is 0.0350. The van der Waals surface area contributed by atoms with Crippen LogP contribution in [0.25, 0.3) is 0 Å². The summed E-state index contributed by atoms with van der Waals surface area (Å²) in [6.07, 6.45) is -0.818. The van der Waals surface area contributed by atoms with Crippen LogP contribution in [0.15, 0.2) is 30.3 Å². The van der Waals surface area contributed by atoms with Crippen molar-refractivity contribution in [3.63, 3.8) is 0 Å². The summed E-state index contributed by atoms with van der Waals surface area (Å²) in [7, 11) is 0. The molecule has 0 aliphatic carbocycles. The highest BCUT2D eigenvalue weighted by molar-refractivity contribution is 5.65. The van der Waals surface area contributed by atoms with E-state index in [-0.39, 0.29) is 6.54 Å². The quantitative estimate of drug-likeness (QED) is 0.752. The molecule has 76 valence electrons. The molecule has 1 aromatic carbocycles. The topological polar surface area (TPSA) is 78.3 Å². The van der Waals surface area contributed by atoms with Gasteiger partial charge < -0.3 is 16.2 Å². The second kappa shape index (κ2) is 4.11. The van der Waals surface area contributed by atoms with Gasteiger partial charge in [0, 0.05) is 6.54 Å². The summed E-state index contributed by atoms with van der Waals surface area (Å²) >= 11 is 0. The van der Waals surface area contributed by atoms with Gasteiger partial charge in [-0.3, -0.25) is 0 Å². The van der Waals surface area contributed by atoms with E-state index in [1.807, 2.05) is 30.3 Å². The van der Waals surface area contributed by atoms with Crippen LogP contribution in [0.2, 0.25) is 0 Å². The minimum atomic E-state index is -0.840. The maximum atomic E-state index is 10.7. The maximum Gasteiger partial charge on any atom is 0.405 e. The van der Waals surface area contributed by atoms with Crippen LogP contribution in [-0.2, 0) is 10.3 Å². The lowest BCUT2D eigenvalue weighted by atomic mass is 9.96. The summed E-state index contributed by atoms with van der Waals surface area (Å²) in [6.45, 7) is 1.92. The van der Waals surface area contributed by atoms with Crippen LogP contribution < -0.4 is 11.5 Å². The van der Waals surface area contributed by atoms with Gasteiger partial charge in [-0.1, -0.05) is 30.3 Å². The molecule has 0 heterocycles. The van der Waals surface area contributed by atoms with E-state index in [9.17, 15) is 4.79 Å². The van der Waals surface area contributed by atoms with E-state index in [1.54, 1.807) is 6.92 Å². The maximum absolute atomic E-state index is 10.7. The Morgan fingerprint density at radius 2 is 2.00 bits per heavy atom. The Balaban J connectivity index is 2.95. The third kappa shape index (κ3) is 2.23. The van der Waals surface area contributed by atoms with E-state index < -0.39 is 11.7 Å². The molecule has 0 aliphatic rings. The molecule has 0 fully saturated rings. The normalized spacial score (nSPS) is 14.4. The van der Waals surface area contributed by atoms with E-state index in [0.29, 0.717) is 0 Å². The molecule has 1 rings (SSSR count). The van der Waals surface area contributed by atoms with Crippen molar-refractivity contribution >= 4 is 6.09 Å². The van der Waals surface area contributed by atoms with Crippen LogP contribution in [0.5, 0.6) is 0 Å². The molecule has 0 bridgehead atoms. The van der Waals surface area contributed by atoms with Crippen molar-refractivity contribution in [3.8, 4) is 0 Å². The van der Waals surface area contributed by atoms with E-state index in [1.165, 1.54) is 0 Å². The molecule has 4 N–H and O–H groups in total. The molecule has 0 saturated carbocycles. The average molecular weight is 194 g/mol. The number of hydrogen-bond acceptors (Lipinski definition) is 3. The molecule has 0 aromatic heterocycles. The number of ether oxygens (including phenoxy) is 1. The SMILES string of the molecule is CC(CN)(OC(N)=O)c1ccccc1. The minimum Gasteiger partial charge on any atom is -0.437 e. The predicted molar refractivity (Wildman–Crippen MR) is 53.5 cm³/mol. The number of primary amides is 1. The molecule has 14 heavy (non-hydrogen) atoms. The van der Waals surface area contributed by atoms with Crippen molar-refractivity contribution in [1.82, 2.24) is 0 Å². The number of amides is 1. The molecular formula is C10H14N2O2. The first-order valence-electron chi connectivity index (χ1n) is 4.32. The molecule has 0 radical (unpaired) electrons. The lowest BCUT2D eigenvalue weighted by Crippen LogP contribution is -2.38. The summed E-state index contributed by atoms with van der Waals surface area (Å²) < 4.78 is 4.99. The fourth-order valence-electron chi connectivity index (χ4n) is 1.23. The van der Waals surface area contributed by atoms with Crippen molar-refractivity contribution < 1.29 is 9.53 Å². The number of hydrogen-bond donors (Lipinski definition) is 2. The Labute approximate surface area is 82.8 Å². The van der Waals surface area contributed by atoms with Crippen LogP contribution in [0, 0.1) is 0 Å². The summed E-state index contributed by atoms with van der Waals surface area (Å²) in [5.41, 5.74) is 10.5. The third-order valence-electron chi connectivity index (χ3n) is 2.10. The highest BCUT2D eigenvalue weighted by atomic mass is 16.6.